The highest BCUT2D eigenvalue weighted by Gasteiger charge is 2.22. The maximum Gasteiger partial charge on any atom is 0.313 e. The highest BCUT2D eigenvalue weighted by Crippen LogP contribution is 2.20. The first-order valence-corrected chi connectivity index (χ1v) is 8.79. The molecule has 2 N–H and O–H groups in total. The zero-order valence-electron chi connectivity index (χ0n) is 14.8. The van der Waals surface area contributed by atoms with E-state index in [1.807, 2.05) is 25.1 Å². The molecule has 0 unspecified atom stereocenters. The second kappa shape index (κ2) is 8.42. The Labute approximate surface area is 152 Å². The summed E-state index contributed by atoms with van der Waals surface area (Å²) >= 11 is 0. The SMILES string of the molecule is Cc1ccccc1NC(=O)C(=O)NCC1CCN(c2cnccn2)CC1. The van der Waals surface area contributed by atoms with Crippen molar-refractivity contribution in [2.45, 2.75) is 19.8 Å². The molecule has 2 heterocycles. The summed E-state index contributed by atoms with van der Waals surface area (Å²) in [6.45, 7) is 4.13. The third-order valence-electron chi connectivity index (χ3n) is 4.64. The van der Waals surface area contributed by atoms with Crippen LogP contribution in [0.25, 0.3) is 0 Å². The van der Waals surface area contributed by atoms with Crippen LogP contribution < -0.4 is 15.5 Å². The minimum Gasteiger partial charge on any atom is -0.355 e. The van der Waals surface area contributed by atoms with Gasteiger partial charge in [0, 0.05) is 37.7 Å². The van der Waals surface area contributed by atoms with Gasteiger partial charge in [0.15, 0.2) is 0 Å². The third kappa shape index (κ3) is 4.56. The number of hydrogen-bond donors (Lipinski definition) is 2. The first kappa shape index (κ1) is 17.8. The van der Waals surface area contributed by atoms with Crippen LogP contribution >= 0.6 is 0 Å². The summed E-state index contributed by atoms with van der Waals surface area (Å²) in [4.78, 5) is 34.7. The predicted molar refractivity (Wildman–Crippen MR) is 99.8 cm³/mol. The van der Waals surface area contributed by atoms with Gasteiger partial charge in [0.05, 0.1) is 6.20 Å². The van der Waals surface area contributed by atoms with Gasteiger partial charge in [-0.2, -0.15) is 0 Å². The molecule has 0 saturated carbocycles. The second-order valence-electron chi connectivity index (χ2n) is 6.47. The van der Waals surface area contributed by atoms with E-state index in [0.717, 1.165) is 37.3 Å². The number of amides is 2. The first-order valence-electron chi connectivity index (χ1n) is 8.79. The molecule has 1 aliphatic rings. The summed E-state index contributed by atoms with van der Waals surface area (Å²) in [5.74, 6) is 0.0200. The van der Waals surface area contributed by atoms with Crippen LogP contribution in [-0.4, -0.2) is 41.4 Å². The van der Waals surface area contributed by atoms with Gasteiger partial charge in [-0.05, 0) is 37.3 Å². The highest BCUT2D eigenvalue weighted by atomic mass is 16.2. The number of nitrogens with zero attached hydrogens (tertiary/aromatic N) is 3. The van der Waals surface area contributed by atoms with E-state index in [-0.39, 0.29) is 0 Å². The van der Waals surface area contributed by atoms with Crippen LogP contribution in [0.5, 0.6) is 0 Å². The fourth-order valence-corrected chi connectivity index (χ4v) is 3.03. The maximum absolute atomic E-state index is 12.0. The molecule has 2 aromatic rings. The predicted octanol–water partition coefficient (Wildman–Crippen LogP) is 1.76. The lowest BCUT2D eigenvalue weighted by atomic mass is 9.97. The lowest BCUT2D eigenvalue weighted by Gasteiger charge is -2.32. The van der Waals surface area contributed by atoms with Gasteiger partial charge in [0.2, 0.25) is 0 Å². The van der Waals surface area contributed by atoms with Crippen LogP contribution in [-0.2, 0) is 9.59 Å². The minimum atomic E-state index is -0.628. The van der Waals surface area contributed by atoms with Gasteiger partial charge < -0.3 is 15.5 Å². The number of piperidine rings is 1. The van der Waals surface area contributed by atoms with Crippen LogP contribution in [0.4, 0.5) is 11.5 Å². The molecule has 7 nitrogen and oxygen atoms in total. The van der Waals surface area contributed by atoms with E-state index in [1.165, 1.54) is 0 Å². The molecule has 1 saturated heterocycles. The topological polar surface area (TPSA) is 87.2 Å². The Hall–Kier alpha value is -2.96. The van der Waals surface area contributed by atoms with Crippen molar-refractivity contribution >= 4 is 23.3 Å². The molecule has 1 fully saturated rings. The summed E-state index contributed by atoms with van der Waals surface area (Å²) in [7, 11) is 0. The Balaban J connectivity index is 1.42. The van der Waals surface area contributed by atoms with E-state index < -0.39 is 11.8 Å². The first-order chi connectivity index (χ1) is 12.6. The molecule has 0 aliphatic carbocycles. The van der Waals surface area contributed by atoms with Crippen molar-refractivity contribution in [3.8, 4) is 0 Å². The molecular weight excluding hydrogens is 330 g/mol. The molecule has 0 atom stereocenters. The van der Waals surface area contributed by atoms with Crippen molar-refractivity contribution in [3.05, 3.63) is 48.4 Å². The van der Waals surface area contributed by atoms with E-state index in [1.54, 1.807) is 24.7 Å². The highest BCUT2D eigenvalue weighted by molar-refractivity contribution is 6.39. The maximum atomic E-state index is 12.0. The van der Waals surface area contributed by atoms with Gasteiger partial charge in [0.25, 0.3) is 0 Å². The zero-order chi connectivity index (χ0) is 18.4. The zero-order valence-corrected chi connectivity index (χ0v) is 14.8. The number of anilines is 2. The summed E-state index contributed by atoms with van der Waals surface area (Å²) in [5, 5.41) is 5.40. The summed E-state index contributed by atoms with van der Waals surface area (Å²) in [6.07, 6.45) is 6.99. The van der Waals surface area contributed by atoms with Crippen molar-refractivity contribution in [2.24, 2.45) is 5.92 Å². The molecular formula is C19H23N5O2. The Kier molecular flexibility index (Phi) is 5.78. The number of hydrogen-bond acceptors (Lipinski definition) is 5. The number of aromatic nitrogens is 2. The van der Waals surface area contributed by atoms with Crippen molar-refractivity contribution in [1.29, 1.82) is 0 Å². The van der Waals surface area contributed by atoms with Crippen LogP contribution in [0, 0.1) is 12.8 Å². The van der Waals surface area contributed by atoms with Crippen molar-refractivity contribution < 1.29 is 9.59 Å². The Morgan fingerprint density at radius 1 is 1.15 bits per heavy atom. The van der Waals surface area contributed by atoms with Crippen LogP contribution in [0.15, 0.2) is 42.9 Å². The largest absolute Gasteiger partial charge is 0.355 e. The number of carbonyl (C=O) groups is 2. The number of para-hydroxylation sites is 1. The van der Waals surface area contributed by atoms with Crippen LogP contribution in [0.2, 0.25) is 0 Å². The standard InChI is InChI=1S/C19H23N5O2/c1-14-4-2-3-5-16(14)23-19(26)18(25)22-12-15-6-10-24(11-7-15)17-13-20-8-9-21-17/h2-5,8-9,13,15H,6-7,10-12H2,1H3,(H,22,25)(H,23,26). The molecule has 0 radical (unpaired) electrons. The molecule has 1 aliphatic heterocycles. The lowest BCUT2D eigenvalue weighted by Crippen LogP contribution is -2.42. The molecule has 0 spiro atoms. The van der Waals surface area contributed by atoms with E-state index in [9.17, 15) is 9.59 Å². The van der Waals surface area contributed by atoms with Crippen molar-refractivity contribution in [2.75, 3.05) is 29.9 Å². The molecule has 1 aromatic heterocycles. The average Bonchev–Trinajstić information content (AvgIpc) is 2.69. The van der Waals surface area contributed by atoms with Gasteiger partial charge in [-0.15, -0.1) is 0 Å². The Morgan fingerprint density at radius 3 is 2.62 bits per heavy atom. The average molecular weight is 353 g/mol. The fourth-order valence-electron chi connectivity index (χ4n) is 3.03. The number of carbonyl (C=O) groups excluding carboxylic acids is 2. The second-order valence-corrected chi connectivity index (χ2v) is 6.47. The van der Waals surface area contributed by atoms with Gasteiger partial charge >= 0.3 is 11.8 Å². The molecule has 26 heavy (non-hydrogen) atoms. The molecule has 3 rings (SSSR count). The monoisotopic (exact) mass is 353 g/mol. The van der Waals surface area contributed by atoms with E-state index >= 15 is 0 Å². The Bertz CT molecular complexity index is 758. The summed E-state index contributed by atoms with van der Waals surface area (Å²) in [5.41, 5.74) is 1.58. The summed E-state index contributed by atoms with van der Waals surface area (Å²) < 4.78 is 0. The molecule has 136 valence electrons. The number of benzene rings is 1. The summed E-state index contributed by atoms with van der Waals surface area (Å²) in [6, 6.07) is 7.38. The van der Waals surface area contributed by atoms with Gasteiger partial charge in [-0.25, -0.2) is 4.98 Å². The van der Waals surface area contributed by atoms with Gasteiger partial charge in [0.1, 0.15) is 5.82 Å². The molecule has 0 bridgehead atoms. The van der Waals surface area contributed by atoms with Crippen LogP contribution in [0.1, 0.15) is 18.4 Å². The lowest BCUT2D eigenvalue weighted by molar-refractivity contribution is -0.136. The number of rotatable bonds is 4. The van der Waals surface area contributed by atoms with E-state index in [0.29, 0.717) is 18.2 Å². The normalized spacial score (nSPS) is 14.7. The van der Waals surface area contributed by atoms with Crippen molar-refractivity contribution in [3.63, 3.8) is 0 Å². The quantitative estimate of drug-likeness (QED) is 0.818. The number of aryl methyl sites for hydroxylation is 1. The van der Waals surface area contributed by atoms with E-state index in [2.05, 4.69) is 25.5 Å². The van der Waals surface area contributed by atoms with Crippen LogP contribution in [0.3, 0.4) is 0 Å². The fraction of sp³-hybridized carbons (Fsp3) is 0.368. The molecule has 1 aromatic carbocycles. The third-order valence-corrected chi connectivity index (χ3v) is 4.64. The smallest absolute Gasteiger partial charge is 0.313 e. The minimum absolute atomic E-state index is 0.359. The van der Waals surface area contributed by atoms with Gasteiger partial charge in [-0.3, -0.25) is 14.6 Å². The van der Waals surface area contributed by atoms with Gasteiger partial charge in [-0.1, -0.05) is 18.2 Å². The Morgan fingerprint density at radius 2 is 1.92 bits per heavy atom. The number of nitrogens with one attached hydrogen (secondary N) is 2. The molecule has 7 heteroatoms. The van der Waals surface area contributed by atoms with Crippen molar-refractivity contribution in [1.82, 2.24) is 15.3 Å². The molecule has 2 amide bonds. The van der Waals surface area contributed by atoms with E-state index in [4.69, 9.17) is 0 Å².